The first kappa shape index (κ1) is 10.1. The van der Waals surface area contributed by atoms with Gasteiger partial charge in [-0.3, -0.25) is 4.79 Å². The number of rotatable bonds is 1. The van der Waals surface area contributed by atoms with Gasteiger partial charge in [-0.25, -0.2) is 9.36 Å². The van der Waals surface area contributed by atoms with E-state index in [9.17, 15) is 14.0 Å². The van der Waals surface area contributed by atoms with E-state index >= 15 is 0 Å². The third kappa shape index (κ3) is 1.85. The maximum atomic E-state index is 13.0. The summed E-state index contributed by atoms with van der Waals surface area (Å²) in [5.41, 5.74) is -1.56. The van der Waals surface area contributed by atoms with Gasteiger partial charge in [0.15, 0.2) is 0 Å². The van der Waals surface area contributed by atoms with Gasteiger partial charge in [-0.15, -0.1) is 0 Å². The Morgan fingerprint density at radius 2 is 2.27 bits per heavy atom. The van der Waals surface area contributed by atoms with Crippen molar-refractivity contribution in [2.45, 2.75) is 25.5 Å². The summed E-state index contributed by atoms with van der Waals surface area (Å²) in [4.78, 5) is 24.9. The summed E-state index contributed by atoms with van der Waals surface area (Å²) in [6.07, 6.45) is 2.47. The van der Waals surface area contributed by atoms with Crippen molar-refractivity contribution in [3.05, 3.63) is 32.9 Å². The van der Waals surface area contributed by atoms with Crippen molar-refractivity contribution in [1.82, 2.24) is 9.55 Å². The standard InChI is InChI=1S/C9H11FN2O3/c10-6-5-11-9(14)12(8(6)13)7-3-1-2-4-15-7/h5,7H,1-4H2,(H,11,14)/t7-/m1/s1. The van der Waals surface area contributed by atoms with Crippen LogP contribution in [0.3, 0.4) is 0 Å². The molecule has 1 saturated heterocycles. The average molecular weight is 214 g/mol. The van der Waals surface area contributed by atoms with Crippen molar-refractivity contribution < 1.29 is 9.13 Å². The number of H-pyrrole nitrogens is 1. The number of hydrogen-bond acceptors (Lipinski definition) is 3. The van der Waals surface area contributed by atoms with Gasteiger partial charge in [-0.1, -0.05) is 0 Å². The maximum absolute atomic E-state index is 13.0. The summed E-state index contributed by atoms with van der Waals surface area (Å²) in [7, 11) is 0. The van der Waals surface area contributed by atoms with E-state index in [4.69, 9.17) is 4.74 Å². The van der Waals surface area contributed by atoms with Crippen molar-refractivity contribution in [2.75, 3.05) is 6.61 Å². The van der Waals surface area contributed by atoms with E-state index in [0.29, 0.717) is 13.0 Å². The average Bonchev–Trinajstić information content (AvgIpc) is 2.26. The van der Waals surface area contributed by atoms with E-state index in [1.807, 2.05) is 0 Å². The highest BCUT2D eigenvalue weighted by Crippen LogP contribution is 2.19. The lowest BCUT2D eigenvalue weighted by Crippen LogP contribution is -2.41. The molecule has 0 bridgehead atoms. The van der Waals surface area contributed by atoms with Gasteiger partial charge in [0.1, 0.15) is 6.23 Å². The fourth-order valence-corrected chi connectivity index (χ4v) is 1.65. The molecule has 1 aromatic rings. The van der Waals surface area contributed by atoms with Crippen LogP contribution in [0.25, 0.3) is 0 Å². The van der Waals surface area contributed by atoms with E-state index < -0.39 is 23.3 Å². The van der Waals surface area contributed by atoms with Gasteiger partial charge >= 0.3 is 5.69 Å². The van der Waals surface area contributed by atoms with Crippen molar-refractivity contribution in [3.8, 4) is 0 Å². The van der Waals surface area contributed by atoms with Gasteiger partial charge in [-0.2, -0.15) is 4.39 Å². The number of nitrogens with zero attached hydrogens (tertiary/aromatic N) is 1. The lowest BCUT2D eigenvalue weighted by atomic mass is 10.2. The van der Waals surface area contributed by atoms with E-state index in [-0.39, 0.29) is 0 Å². The van der Waals surface area contributed by atoms with Crippen LogP contribution in [0.4, 0.5) is 4.39 Å². The van der Waals surface area contributed by atoms with Crippen molar-refractivity contribution in [1.29, 1.82) is 0 Å². The molecule has 1 atom stereocenters. The van der Waals surface area contributed by atoms with Gasteiger partial charge in [0.25, 0.3) is 5.56 Å². The fraction of sp³-hybridized carbons (Fsp3) is 0.556. The molecular weight excluding hydrogens is 203 g/mol. The Kier molecular flexibility index (Phi) is 2.68. The van der Waals surface area contributed by atoms with Crippen LogP contribution >= 0.6 is 0 Å². The molecule has 82 valence electrons. The van der Waals surface area contributed by atoms with Crippen LogP contribution in [0.1, 0.15) is 25.5 Å². The molecule has 2 heterocycles. The molecule has 0 spiro atoms. The van der Waals surface area contributed by atoms with Crippen LogP contribution < -0.4 is 11.2 Å². The molecular formula is C9H11FN2O3. The van der Waals surface area contributed by atoms with E-state index in [2.05, 4.69) is 4.98 Å². The predicted molar refractivity (Wildman–Crippen MR) is 50.1 cm³/mol. The van der Waals surface area contributed by atoms with E-state index in [1.54, 1.807) is 0 Å². The molecule has 1 fully saturated rings. The summed E-state index contributed by atoms with van der Waals surface area (Å²) in [5.74, 6) is -0.969. The minimum atomic E-state index is -0.969. The Labute approximate surface area is 84.5 Å². The van der Waals surface area contributed by atoms with Gasteiger partial charge < -0.3 is 9.72 Å². The van der Waals surface area contributed by atoms with Crippen LogP contribution in [0.2, 0.25) is 0 Å². The van der Waals surface area contributed by atoms with E-state index in [0.717, 1.165) is 23.6 Å². The summed E-state index contributed by atoms with van der Waals surface area (Å²) in [6.45, 7) is 0.493. The van der Waals surface area contributed by atoms with E-state index in [1.165, 1.54) is 0 Å². The first-order valence-electron chi connectivity index (χ1n) is 4.81. The Morgan fingerprint density at radius 1 is 1.47 bits per heavy atom. The largest absolute Gasteiger partial charge is 0.358 e. The summed E-state index contributed by atoms with van der Waals surface area (Å²) in [5, 5.41) is 0. The highest BCUT2D eigenvalue weighted by molar-refractivity contribution is 4.88. The van der Waals surface area contributed by atoms with Crippen molar-refractivity contribution >= 4 is 0 Å². The normalized spacial score (nSPS) is 21.5. The van der Waals surface area contributed by atoms with Crippen LogP contribution in [0.15, 0.2) is 15.8 Å². The first-order valence-corrected chi connectivity index (χ1v) is 4.81. The zero-order chi connectivity index (χ0) is 10.8. The zero-order valence-electron chi connectivity index (χ0n) is 8.03. The number of aromatic nitrogens is 2. The fourth-order valence-electron chi connectivity index (χ4n) is 1.65. The molecule has 15 heavy (non-hydrogen) atoms. The Bertz CT molecular complexity index is 459. The molecule has 0 saturated carbocycles. The third-order valence-corrected chi connectivity index (χ3v) is 2.41. The molecule has 0 radical (unpaired) electrons. The topological polar surface area (TPSA) is 64.1 Å². The van der Waals surface area contributed by atoms with Crippen molar-refractivity contribution in [3.63, 3.8) is 0 Å². The number of hydrogen-bond donors (Lipinski definition) is 1. The number of aromatic amines is 1. The molecule has 0 unspecified atom stereocenters. The number of halogens is 1. The Morgan fingerprint density at radius 3 is 2.93 bits per heavy atom. The minimum absolute atomic E-state index is 0.493. The molecule has 1 aliphatic rings. The second kappa shape index (κ2) is 3.98. The van der Waals surface area contributed by atoms with Crippen LogP contribution in [-0.2, 0) is 4.74 Å². The lowest BCUT2D eigenvalue weighted by molar-refractivity contribution is -0.0374. The van der Waals surface area contributed by atoms with Crippen molar-refractivity contribution in [2.24, 2.45) is 0 Å². The summed E-state index contributed by atoms with van der Waals surface area (Å²) < 4.78 is 19.0. The second-order valence-electron chi connectivity index (χ2n) is 3.44. The van der Waals surface area contributed by atoms with Gasteiger partial charge in [0.2, 0.25) is 5.82 Å². The summed E-state index contributed by atoms with van der Waals surface area (Å²) >= 11 is 0. The third-order valence-electron chi connectivity index (χ3n) is 2.41. The SMILES string of the molecule is O=c1[nH]cc(F)c(=O)n1[C@H]1CCCCO1. The highest BCUT2D eigenvalue weighted by atomic mass is 19.1. The highest BCUT2D eigenvalue weighted by Gasteiger charge is 2.20. The van der Waals surface area contributed by atoms with Crippen LogP contribution in [0.5, 0.6) is 0 Å². The predicted octanol–water partition coefficient (Wildman–Crippen LogP) is 0.375. The van der Waals surface area contributed by atoms with Gasteiger partial charge in [-0.05, 0) is 19.3 Å². The zero-order valence-corrected chi connectivity index (χ0v) is 8.03. The van der Waals surface area contributed by atoms with Gasteiger partial charge in [0.05, 0.1) is 0 Å². The number of nitrogens with one attached hydrogen (secondary N) is 1. The van der Waals surface area contributed by atoms with Gasteiger partial charge in [0, 0.05) is 12.8 Å². The molecule has 2 rings (SSSR count). The molecule has 1 aromatic heterocycles. The quantitative estimate of drug-likeness (QED) is 0.734. The molecule has 5 nitrogen and oxygen atoms in total. The number of ether oxygens (including phenoxy) is 1. The second-order valence-corrected chi connectivity index (χ2v) is 3.44. The smallest absolute Gasteiger partial charge is 0.330 e. The Balaban J connectivity index is 2.46. The molecule has 0 aromatic carbocycles. The maximum Gasteiger partial charge on any atom is 0.330 e. The first-order chi connectivity index (χ1) is 7.20. The lowest BCUT2D eigenvalue weighted by Gasteiger charge is -2.23. The molecule has 1 N–H and O–H groups in total. The minimum Gasteiger partial charge on any atom is -0.358 e. The van der Waals surface area contributed by atoms with Crippen LogP contribution in [0, 0.1) is 5.82 Å². The molecule has 6 heteroatoms. The molecule has 0 amide bonds. The molecule has 1 aliphatic heterocycles. The Hall–Kier alpha value is -1.43. The monoisotopic (exact) mass is 214 g/mol. The molecule has 0 aliphatic carbocycles. The summed E-state index contributed by atoms with van der Waals surface area (Å²) in [6, 6.07) is 0. The van der Waals surface area contributed by atoms with Crippen LogP contribution in [-0.4, -0.2) is 16.2 Å².